The minimum absolute atomic E-state index is 0.149. The summed E-state index contributed by atoms with van der Waals surface area (Å²) >= 11 is 0. The first-order valence-corrected chi connectivity index (χ1v) is 7.07. The maximum atomic E-state index is 12.5. The number of benzene rings is 1. The molecule has 1 aromatic carbocycles. The standard InChI is InChI=1S/C16H17N5O/c1-9-5-4-6-12-13(7-10(2)18-15(9)12)16(22)17-8-14-19-11(3)20-21-14/h4-7H,8H2,1-3H3,(H,17,22)(H,19,20,21). The van der Waals surface area contributed by atoms with Gasteiger partial charge in [-0.2, -0.15) is 5.10 Å². The number of para-hydroxylation sites is 1. The number of aromatic nitrogens is 4. The summed E-state index contributed by atoms with van der Waals surface area (Å²) in [6.07, 6.45) is 0. The van der Waals surface area contributed by atoms with Gasteiger partial charge in [0.25, 0.3) is 5.91 Å². The van der Waals surface area contributed by atoms with Gasteiger partial charge in [-0.1, -0.05) is 18.2 Å². The summed E-state index contributed by atoms with van der Waals surface area (Å²) in [5.41, 5.74) is 3.36. The number of hydrogen-bond acceptors (Lipinski definition) is 4. The minimum Gasteiger partial charge on any atom is -0.345 e. The van der Waals surface area contributed by atoms with Gasteiger partial charge < -0.3 is 5.32 Å². The fourth-order valence-electron chi connectivity index (χ4n) is 2.43. The molecule has 2 heterocycles. The number of carbonyl (C=O) groups excluding carboxylic acids is 1. The van der Waals surface area contributed by atoms with Gasteiger partial charge in [-0.3, -0.25) is 14.9 Å². The van der Waals surface area contributed by atoms with Gasteiger partial charge in [-0.05, 0) is 32.4 Å². The second kappa shape index (κ2) is 5.55. The van der Waals surface area contributed by atoms with Gasteiger partial charge in [0.1, 0.15) is 5.82 Å². The van der Waals surface area contributed by atoms with Crippen molar-refractivity contribution in [2.24, 2.45) is 0 Å². The zero-order valence-electron chi connectivity index (χ0n) is 12.8. The van der Waals surface area contributed by atoms with E-state index in [9.17, 15) is 4.79 Å². The molecule has 22 heavy (non-hydrogen) atoms. The van der Waals surface area contributed by atoms with Crippen LogP contribution in [0.4, 0.5) is 0 Å². The Morgan fingerprint density at radius 1 is 1.23 bits per heavy atom. The van der Waals surface area contributed by atoms with Crippen LogP contribution in [-0.4, -0.2) is 26.1 Å². The van der Waals surface area contributed by atoms with Crippen molar-refractivity contribution in [2.75, 3.05) is 0 Å². The summed E-state index contributed by atoms with van der Waals surface area (Å²) < 4.78 is 0. The molecule has 0 unspecified atom stereocenters. The molecule has 0 aliphatic heterocycles. The molecule has 0 spiro atoms. The Kier molecular flexibility index (Phi) is 3.58. The number of nitrogens with zero attached hydrogens (tertiary/aromatic N) is 3. The summed E-state index contributed by atoms with van der Waals surface area (Å²) in [7, 11) is 0. The van der Waals surface area contributed by atoms with Crippen molar-refractivity contribution < 1.29 is 4.79 Å². The van der Waals surface area contributed by atoms with Crippen molar-refractivity contribution in [3.8, 4) is 0 Å². The van der Waals surface area contributed by atoms with E-state index in [0.717, 1.165) is 28.0 Å². The van der Waals surface area contributed by atoms with E-state index >= 15 is 0 Å². The third-order valence-electron chi connectivity index (χ3n) is 3.46. The van der Waals surface area contributed by atoms with Crippen molar-refractivity contribution in [2.45, 2.75) is 27.3 Å². The van der Waals surface area contributed by atoms with Gasteiger partial charge >= 0.3 is 0 Å². The highest BCUT2D eigenvalue weighted by Crippen LogP contribution is 2.21. The van der Waals surface area contributed by atoms with Crippen molar-refractivity contribution in [3.05, 3.63) is 52.7 Å². The Morgan fingerprint density at radius 3 is 2.77 bits per heavy atom. The van der Waals surface area contributed by atoms with E-state index in [-0.39, 0.29) is 12.5 Å². The van der Waals surface area contributed by atoms with E-state index in [1.54, 1.807) is 6.07 Å². The van der Waals surface area contributed by atoms with Crippen LogP contribution in [0.1, 0.15) is 33.3 Å². The third-order valence-corrected chi connectivity index (χ3v) is 3.46. The predicted molar refractivity (Wildman–Crippen MR) is 83.5 cm³/mol. The van der Waals surface area contributed by atoms with E-state index in [0.29, 0.717) is 11.4 Å². The molecule has 1 amide bonds. The van der Waals surface area contributed by atoms with E-state index in [4.69, 9.17) is 0 Å². The lowest BCUT2D eigenvalue weighted by atomic mass is 10.0. The van der Waals surface area contributed by atoms with Crippen LogP contribution in [0.15, 0.2) is 24.3 Å². The van der Waals surface area contributed by atoms with Gasteiger partial charge in [0.2, 0.25) is 0 Å². The largest absolute Gasteiger partial charge is 0.345 e. The number of aromatic amines is 1. The van der Waals surface area contributed by atoms with Crippen molar-refractivity contribution in [1.82, 2.24) is 25.5 Å². The molecule has 0 bridgehead atoms. The fraction of sp³-hybridized carbons (Fsp3) is 0.250. The van der Waals surface area contributed by atoms with Crippen LogP contribution < -0.4 is 5.32 Å². The highest BCUT2D eigenvalue weighted by molar-refractivity contribution is 6.06. The number of aryl methyl sites for hydroxylation is 3. The number of nitrogens with one attached hydrogen (secondary N) is 2. The number of fused-ring (bicyclic) bond motifs is 1. The fourth-order valence-corrected chi connectivity index (χ4v) is 2.43. The molecule has 6 nitrogen and oxygen atoms in total. The van der Waals surface area contributed by atoms with Crippen molar-refractivity contribution >= 4 is 16.8 Å². The summed E-state index contributed by atoms with van der Waals surface area (Å²) in [5.74, 6) is 1.14. The lowest BCUT2D eigenvalue weighted by molar-refractivity contribution is 0.0951. The quantitative estimate of drug-likeness (QED) is 0.776. The number of carbonyl (C=O) groups is 1. The Balaban J connectivity index is 1.92. The third kappa shape index (κ3) is 2.67. The molecule has 0 fully saturated rings. The molecule has 3 aromatic rings. The molecule has 0 atom stereocenters. The highest BCUT2D eigenvalue weighted by Gasteiger charge is 2.13. The highest BCUT2D eigenvalue weighted by atomic mass is 16.1. The van der Waals surface area contributed by atoms with Gasteiger partial charge in [0, 0.05) is 11.1 Å². The molecule has 0 saturated carbocycles. The second-order valence-electron chi connectivity index (χ2n) is 5.30. The molecular weight excluding hydrogens is 278 g/mol. The molecule has 0 saturated heterocycles. The van der Waals surface area contributed by atoms with Crippen LogP contribution in [0.25, 0.3) is 10.9 Å². The first-order valence-electron chi connectivity index (χ1n) is 7.07. The summed E-state index contributed by atoms with van der Waals surface area (Å²) in [6.45, 7) is 5.99. The molecule has 0 aliphatic carbocycles. The summed E-state index contributed by atoms with van der Waals surface area (Å²) in [4.78, 5) is 21.2. The molecule has 3 rings (SSSR count). The topological polar surface area (TPSA) is 83.6 Å². The van der Waals surface area contributed by atoms with Crippen LogP contribution in [0.2, 0.25) is 0 Å². The predicted octanol–water partition coefficient (Wildman–Crippen LogP) is 2.21. The number of pyridine rings is 1. The maximum absolute atomic E-state index is 12.5. The van der Waals surface area contributed by atoms with E-state index in [2.05, 4.69) is 25.5 Å². The molecule has 0 radical (unpaired) electrons. The van der Waals surface area contributed by atoms with Gasteiger partial charge in [-0.15, -0.1) is 0 Å². The summed E-state index contributed by atoms with van der Waals surface area (Å²) in [6, 6.07) is 7.65. The van der Waals surface area contributed by atoms with Crippen molar-refractivity contribution in [1.29, 1.82) is 0 Å². The van der Waals surface area contributed by atoms with Gasteiger partial charge in [0.15, 0.2) is 5.82 Å². The summed E-state index contributed by atoms with van der Waals surface area (Å²) in [5, 5.41) is 10.5. The zero-order valence-corrected chi connectivity index (χ0v) is 12.8. The van der Waals surface area contributed by atoms with Crippen molar-refractivity contribution in [3.63, 3.8) is 0 Å². The second-order valence-corrected chi connectivity index (χ2v) is 5.30. The van der Waals surface area contributed by atoms with Gasteiger partial charge in [-0.25, -0.2) is 4.98 Å². The van der Waals surface area contributed by atoms with E-state index < -0.39 is 0 Å². The number of hydrogen-bond donors (Lipinski definition) is 2. The SMILES string of the molecule is Cc1cc(C(=O)NCc2n[nH]c(C)n2)c2cccc(C)c2n1. The Bertz CT molecular complexity index is 853. The average Bonchev–Trinajstić information content (AvgIpc) is 2.91. The Labute approximate surface area is 128 Å². The normalized spacial score (nSPS) is 10.9. The van der Waals surface area contributed by atoms with Crippen LogP contribution >= 0.6 is 0 Å². The molecular formula is C16H17N5O. The van der Waals surface area contributed by atoms with Crippen LogP contribution in [0.3, 0.4) is 0 Å². The van der Waals surface area contributed by atoms with Gasteiger partial charge in [0.05, 0.1) is 17.6 Å². The zero-order chi connectivity index (χ0) is 15.7. The first-order chi connectivity index (χ1) is 10.5. The molecule has 2 N–H and O–H groups in total. The number of amides is 1. The molecule has 2 aromatic heterocycles. The Hall–Kier alpha value is -2.76. The molecule has 112 valence electrons. The van der Waals surface area contributed by atoms with Crippen LogP contribution in [0, 0.1) is 20.8 Å². The Morgan fingerprint density at radius 2 is 2.05 bits per heavy atom. The monoisotopic (exact) mass is 295 g/mol. The number of rotatable bonds is 3. The molecule has 0 aliphatic rings. The average molecular weight is 295 g/mol. The lowest BCUT2D eigenvalue weighted by Gasteiger charge is -2.09. The van der Waals surface area contributed by atoms with E-state index in [1.807, 2.05) is 39.0 Å². The smallest absolute Gasteiger partial charge is 0.252 e. The minimum atomic E-state index is -0.149. The lowest BCUT2D eigenvalue weighted by Crippen LogP contribution is -2.24. The first kappa shape index (κ1) is 14.2. The van der Waals surface area contributed by atoms with E-state index in [1.165, 1.54) is 0 Å². The molecule has 6 heteroatoms. The van der Waals surface area contributed by atoms with Crippen LogP contribution in [-0.2, 0) is 6.54 Å². The van der Waals surface area contributed by atoms with Crippen LogP contribution in [0.5, 0.6) is 0 Å². The maximum Gasteiger partial charge on any atom is 0.252 e. The number of H-pyrrole nitrogens is 1.